The van der Waals surface area contributed by atoms with E-state index in [9.17, 15) is 4.79 Å². The van der Waals surface area contributed by atoms with Gasteiger partial charge in [-0.15, -0.1) is 0 Å². The number of hydrogen-bond donors (Lipinski definition) is 3. The van der Waals surface area contributed by atoms with Crippen molar-refractivity contribution in [3.63, 3.8) is 0 Å². The zero-order chi connectivity index (χ0) is 13.0. The minimum absolute atomic E-state index is 0.495. The molecule has 6 nitrogen and oxygen atoms in total. The first kappa shape index (κ1) is 12.7. The maximum absolute atomic E-state index is 10.4. The lowest BCUT2D eigenvalue weighted by molar-refractivity contribution is 0.249. The van der Waals surface area contributed by atoms with E-state index in [4.69, 9.17) is 17.3 Å². The van der Waals surface area contributed by atoms with Gasteiger partial charge in [-0.05, 0) is 12.1 Å². The first-order valence-electron chi connectivity index (χ1n) is 5.52. The molecule has 7 heteroatoms. The summed E-state index contributed by atoms with van der Waals surface area (Å²) in [5, 5.41) is 6.32. The molecule has 2 amide bonds. The van der Waals surface area contributed by atoms with E-state index in [1.165, 1.54) is 0 Å². The zero-order valence-electron chi connectivity index (χ0n) is 9.69. The minimum Gasteiger partial charge on any atom is -0.352 e. The molecule has 0 aromatic carbocycles. The topological polar surface area (TPSA) is 84.5 Å². The van der Waals surface area contributed by atoms with Crippen molar-refractivity contribution in [2.45, 2.75) is 6.54 Å². The van der Waals surface area contributed by atoms with Crippen molar-refractivity contribution >= 4 is 23.3 Å². The average Bonchev–Trinajstić information content (AvgIpc) is 2.70. The number of imidazole rings is 1. The second-order valence-electron chi connectivity index (χ2n) is 3.81. The maximum Gasteiger partial charge on any atom is 0.312 e. The van der Waals surface area contributed by atoms with Crippen LogP contribution in [-0.4, -0.2) is 28.5 Å². The Morgan fingerprint density at radius 1 is 1.39 bits per heavy atom. The standard InChI is InChI=1S/C11H14ClN5O/c12-8-1-2-10-16-9(7-17(10)6-8)5-14-3-4-15-11(13)18/h1-2,6-7,14H,3-5H2,(H3,13,15,18). The quantitative estimate of drug-likeness (QED) is 0.699. The summed E-state index contributed by atoms with van der Waals surface area (Å²) in [5.74, 6) is 0. The number of urea groups is 1. The largest absolute Gasteiger partial charge is 0.352 e. The van der Waals surface area contributed by atoms with Crippen molar-refractivity contribution in [3.8, 4) is 0 Å². The molecular formula is C11H14ClN5O. The van der Waals surface area contributed by atoms with Crippen molar-refractivity contribution < 1.29 is 4.79 Å². The van der Waals surface area contributed by atoms with Gasteiger partial charge in [0.05, 0.1) is 10.7 Å². The third-order valence-electron chi connectivity index (χ3n) is 2.37. The van der Waals surface area contributed by atoms with Gasteiger partial charge in [-0.1, -0.05) is 11.6 Å². The van der Waals surface area contributed by atoms with Gasteiger partial charge in [0.15, 0.2) is 0 Å². The molecule has 0 saturated heterocycles. The van der Waals surface area contributed by atoms with Crippen LogP contribution in [0.1, 0.15) is 5.69 Å². The molecule has 0 bridgehead atoms. The number of hydrogen-bond acceptors (Lipinski definition) is 3. The van der Waals surface area contributed by atoms with E-state index < -0.39 is 6.03 Å². The molecule has 18 heavy (non-hydrogen) atoms. The molecule has 0 radical (unpaired) electrons. The number of aromatic nitrogens is 2. The van der Waals surface area contributed by atoms with Crippen LogP contribution in [0.15, 0.2) is 24.5 Å². The molecule has 0 spiro atoms. The van der Waals surface area contributed by atoms with Crippen LogP contribution in [0.4, 0.5) is 4.79 Å². The fraction of sp³-hybridized carbons (Fsp3) is 0.273. The Balaban J connectivity index is 1.86. The average molecular weight is 268 g/mol. The highest BCUT2D eigenvalue weighted by molar-refractivity contribution is 6.30. The summed E-state index contributed by atoms with van der Waals surface area (Å²) >= 11 is 5.89. The van der Waals surface area contributed by atoms with Gasteiger partial charge in [-0.2, -0.15) is 0 Å². The third kappa shape index (κ3) is 3.35. The lowest BCUT2D eigenvalue weighted by Crippen LogP contribution is -2.35. The summed E-state index contributed by atoms with van der Waals surface area (Å²) in [7, 11) is 0. The Hall–Kier alpha value is -1.79. The molecular weight excluding hydrogens is 254 g/mol. The van der Waals surface area contributed by atoms with E-state index in [1.54, 1.807) is 6.07 Å². The molecule has 4 N–H and O–H groups in total. The number of fused-ring (bicyclic) bond motifs is 1. The molecule has 0 aliphatic carbocycles. The smallest absolute Gasteiger partial charge is 0.312 e. The number of halogens is 1. The van der Waals surface area contributed by atoms with Gasteiger partial charge in [0.25, 0.3) is 0 Å². The van der Waals surface area contributed by atoms with Gasteiger partial charge in [-0.25, -0.2) is 9.78 Å². The first-order valence-corrected chi connectivity index (χ1v) is 5.90. The van der Waals surface area contributed by atoms with E-state index >= 15 is 0 Å². The van der Waals surface area contributed by atoms with Gasteiger partial charge < -0.3 is 20.8 Å². The Kier molecular flexibility index (Phi) is 4.01. The van der Waals surface area contributed by atoms with Crippen LogP contribution in [0.3, 0.4) is 0 Å². The highest BCUT2D eigenvalue weighted by Gasteiger charge is 2.01. The van der Waals surface area contributed by atoms with E-state index in [0.29, 0.717) is 24.7 Å². The molecule has 0 aliphatic heterocycles. The molecule has 2 heterocycles. The number of pyridine rings is 1. The second-order valence-corrected chi connectivity index (χ2v) is 4.25. The molecule has 2 aromatic rings. The second kappa shape index (κ2) is 5.70. The molecule has 96 valence electrons. The van der Waals surface area contributed by atoms with Crippen LogP contribution in [0.2, 0.25) is 5.02 Å². The molecule has 2 rings (SSSR count). The summed E-state index contributed by atoms with van der Waals surface area (Å²) in [6.07, 6.45) is 3.72. The van der Waals surface area contributed by atoms with Gasteiger partial charge in [0.2, 0.25) is 0 Å². The summed E-state index contributed by atoms with van der Waals surface area (Å²) in [5.41, 5.74) is 6.71. The van der Waals surface area contributed by atoms with Gasteiger partial charge >= 0.3 is 6.03 Å². The zero-order valence-corrected chi connectivity index (χ0v) is 10.4. The van der Waals surface area contributed by atoms with Crippen molar-refractivity contribution in [1.29, 1.82) is 0 Å². The van der Waals surface area contributed by atoms with Crippen LogP contribution in [0.25, 0.3) is 5.65 Å². The fourth-order valence-electron chi connectivity index (χ4n) is 1.59. The molecule has 0 saturated carbocycles. The first-order chi connectivity index (χ1) is 8.65. The lowest BCUT2D eigenvalue weighted by atomic mass is 10.4. The molecule has 0 atom stereocenters. The van der Waals surface area contributed by atoms with Crippen molar-refractivity contribution in [1.82, 2.24) is 20.0 Å². The van der Waals surface area contributed by atoms with E-state index in [-0.39, 0.29) is 0 Å². The van der Waals surface area contributed by atoms with Crippen molar-refractivity contribution in [2.24, 2.45) is 5.73 Å². The summed E-state index contributed by atoms with van der Waals surface area (Å²) in [4.78, 5) is 14.9. The van der Waals surface area contributed by atoms with Crippen LogP contribution in [0, 0.1) is 0 Å². The van der Waals surface area contributed by atoms with Crippen molar-refractivity contribution in [2.75, 3.05) is 13.1 Å². The Morgan fingerprint density at radius 2 is 2.22 bits per heavy atom. The highest BCUT2D eigenvalue weighted by atomic mass is 35.5. The number of primary amides is 1. The van der Waals surface area contributed by atoms with Crippen LogP contribution in [-0.2, 0) is 6.54 Å². The monoisotopic (exact) mass is 267 g/mol. The number of nitrogens with two attached hydrogens (primary N) is 1. The fourth-order valence-corrected chi connectivity index (χ4v) is 1.76. The number of amides is 2. The summed E-state index contributed by atoms with van der Waals surface area (Å²) in [6.45, 7) is 1.76. The van der Waals surface area contributed by atoms with Gasteiger partial charge in [-0.3, -0.25) is 0 Å². The number of nitrogens with zero attached hydrogens (tertiary/aromatic N) is 2. The van der Waals surface area contributed by atoms with E-state index in [1.807, 2.05) is 22.9 Å². The van der Waals surface area contributed by atoms with Crippen molar-refractivity contribution in [3.05, 3.63) is 35.2 Å². The molecule has 2 aromatic heterocycles. The SMILES string of the molecule is NC(=O)NCCNCc1cn2cc(Cl)ccc2n1. The molecule has 0 unspecified atom stereocenters. The summed E-state index contributed by atoms with van der Waals surface area (Å²) < 4.78 is 1.88. The Labute approximate surface area is 109 Å². The highest BCUT2D eigenvalue weighted by Crippen LogP contribution is 2.11. The number of carbonyl (C=O) groups excluding carboxylic acids is 1. The number of carbonyl (C=O) groups is 1. The van der Waals surface area contributed by atoms with Crippen LogP contribution < -0.4 is 16.4 Å². The van der Waals surface area contributed by atoms with Gasteiger partial charge in [0.1, 0.15) is 5.65 Å². The minimum atomic E-state index is -0.515. The lowest BCUT2D eigenvalue weighted by Gasteiger charge is -2.02. The van der Waals surface area contributed by atoms with Crippen LogP contribution >= 0.6 is 11.6 Å². The molecule has 0 aliphatic rings. The summed E-state index contributed by atoms with van der Waals surface area (Å²) in [6, 6.07) is 3.15. The normalized spacial score (nSPS) is 10.7. The van der Waals surface area contributed by atoms with Crippen LogP contribution in [0.5, 0.6) is 0 Å². The predicted molar refractivity (Wildman–Crippen MR) is 69.5 cm³/mol. The third-order valence-corrected chi connectivity index (χ3v) is 2.60. The Morgan fingerprint density at radius 3 is 3.00 bits per heavy atom. The Bertz CT molecular complexity index is 553. The van der Waals surface area contributed by atoms with E-state index in [0.717, 1.165) is 11.3 Å². The van der Waals surface area contributed by atoms with E-state index in [2.05, 4.69) is 15.6 Å². The van der Waals surface area contributed by atoms with Gasteiger partial charge in [0, 0.05) is 32.0 Å². The maximum atomic E-state index is 10.4. The number of nitrogens with one attached hydrogen (secondary N) is 2. The number of rotatable bonds is 5. The molecule has 0 fully saturated rings. The predicted octanol–water partition coefficient (Wildman–Crippen LogP) is 0.746.